The molecule has 26 heavy (non-hydrogen) atoms. The van der Waals surface area contributed by atoms with Crippen molar-refractivity contribution in [3.8, 4) is 11.5 Å². The van der Waals surface area contributed by atoms with E-state index in [4.69, 9.17) is 21.1 Å². The van der Waals surface area contributed by atoms with Gasteiger partial charge in [-0.3, -0.25) is 14.9 Å². The molecule has 0 aromatic heterocycles. The molecule has 0 bridgehead atoms. The van der Waals surface area contributed by atoms with Crippen molar-refractivity contribution in [1.29, 1.82) is 0 Å². The molecule has 9 heteroatoms. The number of anilines is 2. The maximum Gasteiger partial charge on any atom is 0.311 e. The Morgan fingerprint density at radius 2 is 1.85 bits per heavy atom. The Hall–Kier alpha value is -3.00. The van der Waals surface area contributed by atoms with Crippen LogP contribution in [0, 0.1) is 17.0 Å². The van der Waals surface area contributed by atoms with Gasteiger partial charge in [0.05, 0.1) is 31.4 Å². The fourth-order valence-corrected chi connectivity index (χ4v) is 2.47. The van der Waals surface area contributed by atoms with E-state index in [1.807, 2.05) is 0 Å². The fourth-order valence-electron chi connectivity index (χ4n) is 2.30. The third kappa shape index (κ3) is 4.54. The first-order chi connectivity index (χ1) is 12.3. The minimum atomic E-state index is -0.537. The number of benzene rings is 2. The predicted octanol–water partition coefficient (Wildman–Crippen LogP) is 3.62. The third-order valence-electron chi connectivity index (χ3n) is 3.60. The van der Waals surface area contributed by atoms with E-state index in [2.05, 4.69) is 10.6 Å². The van der Waals surface area contributed by atoms with E-state index in [1.54, 1.807) is 25.1 Å². The average Bonchev–Trinajstić information content (AvgIpc) is 2.61. The lowest BCUT2D eigenvalue weighted by molar-refractivity contribution is -0.385. The van der Waals surface area contributed by atoms with Crippen LogP contribution in [0.1, 0.15) is 5.56 Å². The van der Waals surface area contributed by atoms with Crippen LogP contribution < -0.4 is 20.1 Å². The molecule has 138 valence electrons. The number of carbonyl (C=O) groups excluding carboxylic acids is 1. The first kappa shape index (κ1) is 19.3. The zero-order chi connectivity index (χ0) is 19.3. The summed E-state index contributed by atoms with van der Waals surface area (Å²) < 4.78 is 10.2. The molecule has 0 saturated carbocycles. The van der Waals surface area contributed by atoms with Gasteiger partial charge in [-0.15, -0.1) is 0 Å². The van der Waals surface area contributed by atoms with Gasteiger partial charge in [0.25, 0.3) is 0 Å². The molecule has 0 heterocycles. The molecule has 2 aromatic carbocycles. The summed E-state index contributed by atoms with van der Waals surface area (Å²) in [6, 6.07) is 7.78. The zero-order valence-corrected chi connectivity index (χ0v) is 15.2. The summed E-state index contributed by atoms with van der Waals surface area (Å²) in [5.74, 6) is 0.279. The number of hydrogen-bond acceptors (Lipinski definition) is 6. The number of methoxy groups -OCH3 is 2. The number of nitrogens with one attached hydrogen (secondary N) is 2. The van der Waals surface area contributed by atoms with Crippen LogP contribution in [0.3, 0.4) is 0 Å². The Bertz CT molecular complexity index is 841. The largest absolute Gasteiger partial charge is 0.495 e. The van der Waals surface area contributed by atoms with Crippen molar-refractivity contribution in [2.45, 2.75) is 6.92 Å². The van der Waals surface area contributed by atoms with Crippen molar-refractivity contribution in [1.82, 2.24) is 0 Å². The Kier molecular flexibility index (Phi) is 6.24. The maximum absolute atomic E-state index is 12.2. The minimum Gasteiger partial charge on any atom is -0.495 e. The molecule has 8 nitrogen and oxygen atoms in total. The molecule has 0 saturated heterocycles. The van der Waals surface area contributed by atoms with Crippen LogP contribution in [0.5, 0.6) is 11.5 Å². The van der Waals surface area contributed by atoms with Gasteiger partial charge >= 0.3 is 5.69 Å². The number of carbonyl (C=O) groups is 1. The van der Waals surface area contributed by atoms with Gasteiger partial charge in [0.15, 0.2) is 5.75 Å². The highest BCUT2D eigenvalue weighted by atomic mass is 35.5. The number of hydrogen-bond donors (Lipinski definition) is 2. The number of aryl methyl sites for hydroxylation is 1. The van der Waals surface area contributed by atoms with Crippen LogP contribution in [0.4, 0.5) is 17.1 Å². The number of amides is 1. The lowest BCUT2D eigenvalue weighted by atomic mass is 10.1. The topological polar surface area (TPSA) is 103 Å². The summed E-state index contributed by atoms with van der Waals surface area (Å²) in [5, 5.41) is 17.2. The monoisotopic (exact) mass is 379 g/mol. The standard InChI is InChI=1S/C17H18ClN3O5/c1-10-6-14(21(23)24)16(26-3)8-12(10)20-17(22)9-19-13-7-11(18)4-5-15(13)25-2/h4-8,19H,9H2,1-3H3,(H,20,22). The van der Waals surface area contributed by atoms with E-state index >= 15 is 0 Å². The van der Waals surface area contributed by atoms with E-state index in [-0.39, 0.29) is 23.9 Å². The highest BCUT2D eigenvalue weighted by Gasteiger charge is 2.18. The van der Waals surface area contributed by atoms with Crippen molar-refractivity contribution in [2.24, 2.45) is 0 Å². The number of ether oxygens (including phenoxy) is 2. The van der Waals surface area contributed by atoms with Crippen LogP contribution in [-0.2, 0) is 4.79 Å². The van der Waals surface area contributed by atoms with Crippen molar-refractivity contribution >= 4 is 34.6 Å². The molecule has 0 fully saturated rings. The Labute approximate surface area is 155 Å². The van der Waals surface area contributed by atoms with Gasteiger partial charge in [-0.05, 0) is 30.7 Å². The van der Waals surface area contributed by atoms with Crippen LogP contribution in [0.2, 0.25) is 5.02 Å². The number of nitro benzene ring substituents is 1. The van der Waals surface area contributed by atoms with Gasteiger partial charge in [-0.2, -0.15) is 0 Å². The maximum atomic E-state index is 12.2. The first-order valence-corrected chi connectivity index (χ1v) is 7.93. The zero-order valence-electron chi connectivity index (χ0n) is 14.5. The molecule has 0 aliphatic rings. The fraction of sp³-hybridized carbons (Fsp3) is 0.235. The molecule has 0 radical (unpaired) electrons. The van der Waals surface area contributed by atoms with Crippen molar-refractivity contribution < 1.29 is 19.2 Å². The molecule has 1 amide bonds. The normalized spacial score (nSPS) is 10.2. The molecule has 2 N–H and O–H groups in total. The molecule has 0 unspecified atom stereocenters. The van der Waals surface area contributed by atoms with Crippen molar-refractivity contribution in [3.05, 3.63) is 51.0 Å². The van der Waals surface area contributed by atoms with E-state index < -0.39 is 4.92 Å². The third-order valence-corrected chi connectivity index (χ3v) is 3.83. The Morgan fingerprint density at radius 3 is 2.46 bits per heavy atom. The number of halogens is 1. The molecular weight excluding hydrogens is 362 g/mol. The molecule has 0 spiro atoms. The van der Waals surface area contributed by atoms with Gasteiger partial charge < -0.3 is 20.1 Å². The SMILES string of the molecule is COc1ccc(Cl)cc1NCC(=O)Nc1cc(OC)c([N+](=O)[O-])cc1C. The number of rotatable bonds is 7. The lowest BCUT2D eigenvalue weighted by Gasteiger charge is -2.13. The second kappa shape index (κ2) is 8.39. The smallest absolute Gasteiger partial charge is 0.311 e. The summed E-state index contributed by atoms with van der Waals surface area (Å²) >= 11 is 5.95. The second-order valence-electron chi connectivity index (χ2n) is 5.34. The lowest BCUT2D eigenvalue weighted by Crippen LogP contribution is -2.22. The minimum absolute atomic E-state index is 0.0462. The van der Waals surface area contributed by atoms with Crippen LogP contribution in [0.15, 0.2) is 30.3 Å². The predicted molar refractivity (Wildman–Crippen MR) is 99.5 cm³/mol. The summed E-state index contributed by atoms with van der Waals surface area (Å²) in [6.07, 6.45) is 0. The van der Waals surface area contributed by atoms with Gasteiger partial charge in [0.1, 0.15) is 5.75 Å². The van der Waals surface area contributed by atoms with E-state index in [0.29, 0.717) is 27.7 Å². The van der Waals surface area contributed by atoms with Crippen LogP contribution >= 0.6 is 11.6 Å². The quantitative estimate of drug-likeness (QED) is 0.562. The molecule has 2 aromatic rings. The second-order valence-corrected chi connectivity index (χ2v) is 5.78. The molecule has 0 aliphatic heterocycles. The van der Waals surface area contributed by atoms with E-state index in [0.717, 1.165) is 0 Å². The van der Waals surface area contributed by atoms with Gasteiger partial charge in [0, 0.05) is 22.8 Å². The number of nitrogens with zero attached hydrogens (tertiary/aromatic N) is 1. The van der Waals surface area contributed by atoms with Gasteiger partial charge in [-0.25, -0.2) is 0 Å². The highest BCUT2D eigenvalue weighted by Crippen LogP contribution is 2.33. The summed E-state index contributed by atoms with van der Waals surface area (Å²) in [5.41, 5.74) is 1.39. The van der Waals surface area contributed by atoms with E-state index in [9.17, 15) is 14.9 Å². The molecule has 0 atom stereocenters. The number of nitro groups is 1. The summed E-state index contributed by atoms with van der Waals surface area (Å²) in [6.45, 7) is 1.62. The van der Waals surface area contributed by atoms with Crippen molar-refractivity contribution in [2.75, 3.05) is 31.4 Å². The molecular formula is C17H18ClN3O5. The van der Waals surface area contributed by atoms with Crippen LogP contribution in [0.25, 0.3) is 0 Å². The highest BCUT2D eigenvalue weighted by molar-refractivity contribution is 6.30. The van der Waals surface area contributed by atoms with Gasteiger partial charge in [0.2, 0.25) is 5.91 Å². The Balaban J connectivity index is 2.11. The molecule has 0 aliphatic carbocycles. The van der Waals surface area contributed by atoms with E-state index in [1.165, 1.54) is 26.4 Å². The first-order valence-electron chi connectivity index (χ1n) is 7.56. The summed E-state index contributed by atoms with van der Waals surface area (Å²) in [7, 11) is 2.84. The van der Waals surface area contributed by atoms with Crippen LogP contribution in [-0.4, -0.2) is 31.6 Å². The Morgan fingerprint density at radius 1 is 1.15 bits per heavy atom. The molecule has 2 rings (SSSR count). The average molecular weight is 380 g/mol. The summed E-state index contributed by atoms with van der Waals surface area (Å²) in [4.78, 5) is 22.7. The van der Waals surface area contributed by atoms with Crippen molar-refractivity contribution in [3.63, 3.8) is 0 Å². The van der Waals surface area contributed by atoms with Gasteiger partial charge in [-0.1, -0.05) is 11.6 Å².